The van der Waals surface area contributed by atoms with Crippen LogP contribution in [0.25, 0.3) is 0 Å². The van der Waals surface area contributed by atoms with Crippen LogP contribution < -0.4 is 5.32 Å². The molecule has 2 aromatic rings. The number of carbonyl (C=O) groups excluding carboxylic acids is 3. The molecule has 3 amide bonds. The van der Waals surface area contributed by atoms with Gasteiger partial charge in [0.2, 0.25) is 0 Å². The number of nitrogens with one attached hydrogen (secondary N) is 1. The van der Waals surface area contributed by atoms with E-state index < -0.39 is 17.8 Å². The minimum absolute atomic E-state index is 0.160. The summed E-state index contributed by atoms with van der Waals surface area (Å²) in [4.78, 5) is 45.1. The summed E-state index contributed by atoms with van der Waals surface area (Å²) in [5.41, 5.74) is 1.83. The molecule has 0 aliphatic carbocycles. The van der Waals surface area contributed by atoms with E-state index in [4.69, 9.17) is 16.3 Å². The lowest BCUT2D eigenvalue weighted by molar-refractivity contribution is -0.139. The van der Waals surface area contributed by atoms with Crippen molar-refractivity contribution in [1.82, 2.24) is 20.0 Å². The van der Waals surface area contributed by atoms with Gasteiger partial charge in [-0.15, -0.1) is 6.58 Å². The first-order valence-electron chi connectivity index (χ1n) is 12.9. The summed E-state index contributed by atoms with van der Waals surface area (Å²) in [7, 11) is 0. The molecule has 10 heteroatoms. The van der Waals surface area contributed by atoms with Crippen molar-refractivity contribution >= 4 is 29.5 Å². The van der Waals surface area contributed by atoms with Crippen LogP contribution in [0.2, 0.25) is 5.02 Å². The summed E-state index contributed by atoms with van der Waals surface area (Å²) >= 11 is 6.49. The number of halogens is 2. The number of nitrogens with zero attached hydrogens (tertiary/aromatic N) is 3. The van der Waals surface area contributed by atoms with Gasteiger partial charge in [0, 0.05) is 55.0 Å². The fraction of sp³-hybridized carbons (Fsp3) is 0.345. The normalized spacial score (nSPS) is 20.1. The molecule has 0 spiro atoms. The third kappa shape index (κ3) is 6.15. The Labute approximate surface area is 232 Å². The van der Waals surface area contributed by atoms with Crippen molar-refractivity contribution < 1.29 is 23.5 Å². The highest BCUT2D eigenvalue weighted by Crippen LogP contribution is 2.35. The zero-order valence-corrected chi connectivity index (χ0v) is 22.8. The zero-order chi connectivity index (χ0) is 28.1. The first kappa shape index (κ1) is 28.3. The van der Waals surface area contributed by atoms with Crippen LogP contribution in [-0.2, 0) is 9.53 Å². The Morgan fingerprint density at radius 3 is 2.54 bits per heavy atom. The monoisotopic (exact) mass is 554 g/mol. The maximum absolute atomic E-state index is 13.4. The largest absolute Gasteiger partial charge is 0.463 e. The van der Waals surface area contributed by atoms with E-state index in [0.29, 0.717) is 47.1 Å². The number of piperazine rings is 1. The van der Waals surface area contributed by atoms with Crippen LogP contribution in [0.3, 0.4) is 0 Å². The molecule has 0 bridgehead atoms. The van der Waals surface area contributed by atoms with Crippen LogP contribution >= 0.6 is 11.6 Å². The second kappa shape index (κ2) is 12.4. The van der Waals surface area contributed by atoms with Crippen LogP contribution in [-0.4, -0.2) is 78.0 Å². The molecule has 2 aromatic carbocycles. The molecule has 8 nitrogen and oxygen atoms in total. The van der Waals surface area contributed by atoms with Crippen molar-refractivity contribution in [3.63, 3.8) is 0 Å². The van der Waals surface area contributed by atoms with Gasteiger partial charge in [0.15, 0.2) is 0 Å². The standard InChI is InChI=1S/C29H32ClFN4O4/c1-4-14-35-24(18-33-15-16-34(19(3)17-33)27(36)20-10-12-21(31)13-11-20)25(28(37)39-5-2)26(32-29(35)38)22-8-6-7-9-23(22)30/h4,6-13,19,26H,1,5,14-18H2,2-3H3,(H,32,38). The average Bonchev–Trinajstić information content (AvgIpc) is 2.91. The van der Waals surface area contributed by atoms with Gasteiger partial charge < -0.3 is 15.0 Å². The van der Waals surface area contributed by atoms with E-state index in [2.05, 4.69) is 16.8 Å². The number of rotatable bonds is 8. The summed E-state index contributed by atoms with van der Waals surface area (Å²) in [6, 6.07) is 11.2. The Kier molecular flexibility index (Phi) is 9.04. The topological polar surface area (TPSA) is 82.2 Å². The minimum atomic E-state index is -0.792. The van der Waals surface area contributed by atoms with Gasteiger partial charge in [-0.2, -0.15) is 0 Å². The predicted octanol–water partition coefficient (Wildman–Crippen LogP) is 4.40. The fourth-order valence-corrected chi connectivity index (χ4v) is 5.28. The molecule has 2 atom stereocenters. The van der Waals surface area contributed by atoms with Gasteiger partial charge in [0.1, 0.15) is 5.82 Å². The molecule has 0 radical (unpaired) electrons. The highest BCUT2D eigenvalue weighted by molar-refractivity contribution is 6.31. The maximum atomic E-state index is 13.4. The zero-order valence-electron chi connectivity index (χ0n) is 22.0. The lowest BCUT2D eigenvalue weighted by atomic mass is 9.93. The van der Waals surface area contributed by atoms with Crippen LogP contribution in [0.15, 0.2) is 72.5 Å². The molecule has 1 N–H and O–H groups in total. The number of esters is 1. The van der Waals surface area contributed by atoms with E-state index in [1.807, 2.05) is 6.92 Å². The Balaban J connectivity index is 1.65. The fourth-order valence-electron chi connectivity index (χ4n) is 5.04. The van der Waals surface area contributed by atoms with Gasteiger partial charge in [-0.1, -0.05) is 35.9 Å². The summed E-state index contributed by atoms with van der Waals surface area (Å²) in [6.07, 6.45) is 1.60. The molecule has 4 rings (SSSR count). The van der Waals surface area contributed by atoms with E-state index >= 15 is 0 Å². The number of hydrogen-bond acceptors (Lipinski definition) is 5. The second-order valence-corrected chi connectivity index (χ2v) is 9.88. The quantitative estimate of drug-likeness (QED) is 0.386. The van der Waals surface area contributed by atoms with Gasteiger partial charge in [0.05, 0.1) is 18.2 Å². The van der Waals surface area contributed by atoms with E-state index in [-0.39, 0.29) is 37.7 Å². The smallest absolute Gasteiger partial charge is 0.338 e. The van der Waals surface area contributed by atoms with Crippen molar-refractivity contribution in [3.8, 4) is 0 Å². The molecule has 1 fully saturated rings. The number of benzene rings is 2. The third-order valence-electron chi connectivity index (χ3n) is 6.90. The van der Waals surface area contributed by atoms with Crippen molar-refractivity contribution in [3.05, 3.63) is 94.4 Å². The van der Waals surface area contributed by atoms with Crippen LogP contribution in [0.1, 0.15) is 35.8 Å². The molecule has 39 heavy (non-hydrogen) atoms. The van der Waals surface area contributed by atoms with Gasteiger partial charge in [-0.05, 0) is 49.7 Å². The van der Waals surface area contributed by atoms with Crippen LogP contribution in [0.5, 0.6) is 0 Å². The Hall–Kier alpha value is -3.69. The molecule has 2 unspecified atom stereocenters. The Morgan fingerprint density at radius 1 is 1.18 bits per heavy atom. The maximum Gasteiger partial charge on any atom is 0.338 e. The molecule has 206 valence electrons. The molecule has 2 heterocycles. The Morgan fingerprint density at radius 2 is 1.90 bits per heavy atom. The lowest BCUT2D eigenvalue weighted by Gasteiger charge is -2.43. The number of amides is 3. The van der Waals surface area contributed by atoms with Crippen LogP contribution in [0, 0.1) is 5.82 Å². The molecule has 0 aromatic heterocycles. The van der Waals surface area contributed by atoms with Crippen molar-refractivity contribution in [1.29, 1.82) is 0 Å². The van der Waals surface area contributed by atoms with Gasteiger partial charge in [-0.3, -0.25) is 14.6 Å². The van der Waals surface area contributed by atoms with Crippen LogP contribution in [0.4, 0.5) is 9.18 Å². The van der Waals surface area contributed by atoms with Crippen molar-refractivity contribution in [2.45, 2.75) is 25.9 Å². The number of ether oxygens (including phenoxy) is 1. The van der Waals surface area contributed by atoms with Crippen molar-refractivity contribution in [2.75, 3.05) is 39.3 Å². The molecule has 0 saturated carbocycles. The molecule has 2 aliphatic heterocycles. The van der Waals surface area contributed by atoms with E-state index in [1.54, 1.807) is 42.2 Å². The lowest BCUT2D eigenvalue weighted by Crippen LogP contribution is -2.56. The molecular weight excluding hydrogens is 523 g/mol. The van der Waals surface area contributed by atoms with E-state index in [1.165, 1.54) is 29.2 Å². The van der Waals surface area contributed by atoms with Gasteiger partial charge >= 0.3 is 12.0 Å². The SMILES string of the molecule is C=CCN1C(=O)NC(c2ccccc2Cl)C(C(=O)OCC)=C1CN1CCN(C(=O)c2ccc(F)cc2)C(C)C1. The van der Waals surface area contributed by atoms with Crippen molar-refractivity contribution in [2.24, 2.45) is 0 Å². The summed E-state index contributed by atoms with van der Waals surface area (Å²) in [6.45, 7) is 9.53. The second-order valence-electron chi connectivity index (χ2n) is 9.47. The van der Waals surface area contributed by atoms with Gasteiger partial charge in [-0.25, -0.2) is 14.0 Å². The summed E-state index contributed by atoms with van der Waals surface area (Å²) in [5.74, 6) is -1.10. The van der Waals surface area contributed by atoms with E-state index in [9.17, 15) is 18.8 Å². The average molecular weight is 555 g/mol. The first-order valence-corrected chi connectivity index (χ1v) is 13.2. The molecular formula is C29H32ClFN4O4. The highest BCUT2D eigenvalue weighted by Gasteiger charge is 2.40. The predicted molar refractivity (Wildman–Crippen MR) is 147 cm³/mol. The Bertz CT molecular complexity index is 1280. The van der Waals surface area contributed by atoms with Gasteiger partial charge in [0.25, 0.3) is 5.91 Å². The highest BCUT2D eigenvalue weighted by atomic mass is 35.5. The third-order valence-corrected chi connectivity index (χ3v) is 7.24. The number of carbonyl (C=O) groups is 3. The molecule has 1 saturated heterocycles. The first-order chi connectivity index (χ1) is 18.7. The number of hydrogen-bond donors (Lipinski definition) is 1. The minimum Gasteiger partial charge on any atom is -0.463 e. The molecule has 2 aliphatic rings. The van der Waals surface area contributed by atoms with E-state index in [0.717, 1.165) is 0 Å². The summed E-state index contributed by atoms with van der Waals surface area (Å²) < 4.78 is 18.8. The number of urea groups is 1. The summed E-state index contributed by atoms with van der Waals surface area (Å²) in [5, 5.41) is 3.34.